The molecule has 4 rings (SSSR count). The molecule has 2 bridgehead atoms. The predicted molar refractivity (Wildman–Crippen MR) is 112 cm³/mol. The Kier molecular flexibility index (Phi) is 5.21. The van der Waals surface area contributed by atoms with Crippen LogP contribution in [0.25, 0.3) is 0 Å². The number of hydrogen-bond acceptors (Lipinski definition) is 3. The highest BCUT2D eigenvalue weighted by molar-refractivity contribution is 5.89. The van der Waals surface area contributed by atoms with Gasteiger partial charge in [0.25, 0.3) is 0 Å². The van der Waals surface area contributed by atoms with Crippen LogP contribution in [-0.4, -0.2) is 42.2 Å². The van der Waals surface area contributed by atoms with Crippen molar-refractivity contribution in [2.45, 2.75) is 37.6 Å². The second-order valence-electron chi connectivity index (χ2n) is 8.40. The number of piperidine rings is 1. The lowest BCUT2D eigenvalue weighted by atomic mass is 9.56. The summed E-state index contributed by atoms with van der Waals surface area (Å²) >= 11 is 0. The largest absolute Gasteiger partial charge is 0.508 e. The number of para-hydroxylation sites is 1. The number of halogens is 1. The molecule has 1 saturated heterocycles. The number of hydrogen-bond donors (Lipinski definition) is 3. The van der Waals surface area contributed by atoms with Crippen LogP contribution in [0.3, 0.4) is 0 Å². The van der Waals surface area contributed by atoms with Crippen molar-refractivity contribution in [2.24, 2.45) is 5.92 Å². The van der Waals surface area contributed by atoms with E-state index >= 15 is 0 Å². The lowest BCUT2D eigenvalue weighted by molar-refractivity contribution is 0.0364. The summed E-state index contributed by atoms with van der Waals surface area (Å²) in [5, 5.41) is 15.6. The normalized spacial score (nSPS) is 25.9. The first-order chi connectivity index (χ1) is 13.9. The third-order valence-corrected chi connectivity index (χ3v) is 6.96. The lowest BCUT2D eigenvalue weighted by Crippen LogP contribution is -2.58. The molecule has 3 atom stereocenters. The summed E-state index contributed by atoms with van der Waals surface area (Å²) < 4.78 is 13.7. The maximum absolute atomic E-state index is 13.7. The number of amides is 2. The Morgan fingerprint density at radius 2 is 2.10 bits per heavy atom. The van der Waals surface area contributed by atoms with Crippen LogP contribution in [0.2, 0.25) is 0 Å². The van der Waals surface area contributed by atoms with E-state index in [0.717, 1.165) is 25.8 Å². The first-order valence-corrected chi connectivity index (χ1v) is 10.2. The number of nitrogens with zero attached hydrogens (tertiary/aromatic N) is 1. The molecular weight excluding hydrogens is 369 g/mol. The molecular formula is C23H28FN3O2. The number of aromatic hydroxyl groups is 1. The minimum Gasteiger partial charge on any atom is -0.508 e. The van der Waals surface area contributed by atoms with Gasteiger partial charge < -0.3 is 20.6 Å². The average Bonchev–Trinajstić information content (AvgIpc) is 2.69. The van der Waals surface area contributed by atoms with Gasteiger partial charge in [-0.3, -0.25) is 0 Å². The van der Waals surface area contributed by atoms with Crippen LogP contribution in [0.1, 0.15) is 30.9 Å². The van der Waals surface area contributed by atoms with Gasteiger partial charge in [0.05, 0.1) is 5.69 Å². The van der Waals surface area contributed by atoms with Crippen molar-refractivity contribution in [2.75, 3.05) is 25.5 Å². The van der Waals surface area contributed by atoms with Crippen LogP contribution < -0.4 is 10.6 Å². The molecule has 0 saturated carbocycles. The van der Waals surface area contributed by atoms with E-state index < -0.39 is 11.8 Å². The number of likely N-dealkylation sites (N-methyl/N-ethyl adjacent to an activating group) is 1. The summed E-state index contributed by atoms with van der Waals surface area (Å²) in [6.07, 6.45) is 2.74. The van der Waals surface area contributed by atoms with E-state index in [4.69, 9.17) is 0 Å². The highest BCUT2D eigenvalue weighted by Gasteiger charge is 2.50. The van der Waals surface area contributed by atoms with E-state index in [0.29, 0.717) is 18.5 Å². The Morgan fingerprint density at radius 1 is 1.31 bits per heavy atom. The molecule has 154 valence electrons. The monoisotopic (exact) mass is 397 g/mol. The first-order valence-electron chi connectivity index (χ1n) is 10.2. The number of nitrogens with one attached hydrogen (secondary N) is 2. The van der Waals surface area contributed by atoms with E-state index in [1.165, 1.54) is 23.3 Å². The number of fused-ring (bicyclic) bond motifs is 4. The number of urea groups is 1. The highest BCUT2D eigenvalue weighted by atomic mass is 19.1. The summed E-state index contributed by atoms with van der Waals surface area (Å²) in [6.45, 7) is 3.76. The summed E-state index contributed by atoms with van der Waals surface area (Å²) in [5.41, 5.74) is 2.58. The minimum absolute atomic E-state index is 0.0885. The molecule has 1 fully saturated rings. The van der Waals surface area contributed by atoms with Crippen molar-refractivity contribution in [3.05, 3.63) is 59.4 Å². The van der Waals surface area contributed by atoms with Crippen molar-refractivity contribution in [1.82, 2.24) is 10.2 Å². The molecule has 0 spiro atoms. The van der Waals surface area contributed by atoms with Crippen LogP contribution >= 0.6 is 0 Å². The predicted octanol–water partition coefficient (Wildman–Crippen LogP) is 3.88. The second-order valence-corrected chi connectivity index (χ2v) is 8.40. The molecule has 2 aromatic carbocycles. The minimum atomic E-state index is -0.454. The van der Waals surface area contributed by atoms with E-state index in [1.807, 2.05) is 12.1 Å². The Balaban J connectivity index is 1.50. The second kappa shape index (κ2) is 7.67. The Morgan fingerprint density at radius 3 is 2.90 bits per heavy atom. The highest BCUT2D eigenvalue weighted by Crippen LogP contribution is 2.51. The maximum atomic E-state index is 13.7. The van der Waals surface area contributed by atoms with E-state index in [9.17, 15) is 14.3 Å². The topological polar surface area (TPSA) is 64.6 Å². The van der Waals surface area contributed by atoms with Gasteiger partial charge in [0.15, 0.2) is 0 Å². The fourth-order valence-corrected chi connectivity index (χ4v) is 5.28. The lowest BCUT2D eigenvalue weighted by Gasteiger charge is -2.55. The molecule has 1 heterocycles. The van der Waals surface area contributed by atoms with Crippen LogP contribution in [0, 0.1) is 11.7 Å². The summed E-state index contributed by atoms with van der Waals surface area (Å²) in [5.74, 6) is 0.245. The van der Waals surface area contributed by atoms with E-state index in [2.05, 4.69) is 29.5 Å². The van der Waals surface area contributed by atoms with Crippen molar-refractivity contribution >= 4 is 11.7 Å². The number of benzene rings is 2. The third kappa shape index (κ3) is 3.57. The molecule has 1 unspecified atom stereocenters. The number of rotatable bonds is 4. The van der Waals surface area contributed by atoms with Crippen molar-refractivity contribution in [1.29, 1.82) is 0 Å². The molecule has 1 aliphatic heterocycles. The number of phenolic OH excluding ortho intramolecular Hbond substituents is 1. The zero-order valence-corrected chi connectivity index (χ0v) is 16.9. The van der Waals surface area contributed by atoms with Crippen LogP contribution in [0.15, 0.2) is 42.5 Å². The van der Waals surface area contributed by atoms with Crippen LogP contribution in [0.5, 0.6) is 5.75 Å². The van der Waals surface area contributed by atoms with Gasteiger partial charge in [-0.1, -0.05) is 25.1 Å². The molecule has 0 aromatic heterocycles. The van der Waals surface area contributed by atoms with Crippen LogP contribution in [0.4, 0.5) is 14.9 Å². The summed E-state index contributed by atoms with van der Waals surface area (Å²) in [6, 6.07) is 11.9. The molecule has 6 heteroatoms. The smallest absolute Gasteiger partial charge is 0.319 e. The molecule has 29 heavy (non-hydrogen) atoms. The van der Waals surface area contributed by atoms with E-state index in [1.54, 1.807) is 18.2 Å². The SMILES string of the molecule is C[C@H]1[C@H]2Cc3ccc(O)cc3C1(CCNC(=O)Nc1ccccc1F)CCN2C. The quantitative estimate of drug-likeness (QED) is 0.734. The number of carbonyl (C=O) groups excluding carboxylic acids is 1. The molecule has 2 amide bonds. The first kappa shape index (κ1) is 19.7. The molecule has 2 aliphatic rings. The fourth-order valence-electron chi connectivity index (χ4n) is 5.28. The third-order valence-electron chi connectivity index (χ3n) is 6.96. The van der Waals surface area contributed by atoms with Gasteiger partial charge in [0.2, 0.25) is 0 Å². The van der Waals surface area contributed by atoms with Gasteiger partial charge in [-0.25, -0.2) is 9.18 Å². The summed E-state index contributed by atoms with van der Waals surface area (Å²) in [7, 11) is 2.18. The molecule has 3 N–H and O–H groups in total. The fraction of sp³-hybridized carbons (Fsp3) is 0.435. The molecule has 2 aromatic rings. The van der Waals surface area contributed by atoms with Crippen molar-refractivity contribution in [3.63, 3.8) is 0 Å². The number of anilines is 1. The van der Waals surface area contributed by atoms with E-state index in [-0.39, 0.29) is 16.9 Å². The average molecular weight is 397 g/mol. The molecule has 1 aliphatic carbocycles. The van der Waals surface area contributed by atoms with Crippen molar-refractivity contribution < 1.29 is 14.3 Å². The number of carbonyl (C=O) groups is 1. The van der Waals surface area contributed by atoms with Gasteiger partial charge in [-0.05, 0) is 74.2 Å². The molecule has 0 radical (unpaired) electrons. The molecule has 5 nitrogen and oxygen atoms in total. The Hall–Kier alpha value is -2.60. The Bertz CT molecular complexity index is 919. The van der Waals surface area contributed by atoms with Gasteiger partial charge in [0.1, 0.15) is 11.6 Å². The Labute approximate surface area is 170 Å². The number of likely N-dealkylation sites (tertiary alicyclic amines) is 1. The maximum Gasteiger partial charge on any atom is 0.319 e. The zero-order chi connectivity index (χ0) is 20.6. The van der Waals surface area contributed by atoms with Gasteiger partial charge in [-0.15, -0.1) is 0 Å². The zero-order valence-electron chi connectivity index (χ0n) is 16.9. The van der Waals surface area contributed by atoms with Gasteiger partial charge in [-0.2, -0.15) is 0 Å². The standard InChI is InChI=1S/C23H28FN3O2/c1-15-21-13-16-7-8-17(28)14-18(16)23(15,10-12-27(21)2)9-11-25-22(29)26-20-6-4-3-5-19(20)24/h3-8,14-15,21,28H,9-13H2,1-2H3,(H2,25,26,29)/t15-,21+,23?/m0/s1. The van der Waals surface area contributed by atoms with Gasteiger partial charge >= 0.3 is 6.03 Å². The summed E-state index contributed by atoms with van der Waals surface area (Å²) in [4.78, 5) is 14.7. The number of phenols is 1. The van der Waals surface area contributed by atoms with Gasteiger partial charge in [0, 0.05) is 18.0 Å². The van der Waals surface area contributed by atoms with Crippen LogP contribution in [-0.2, 0) is 11.8 Å². The van der Waals surface area contributed by atoms with Crippen molar-refractivity contribution in [3.8, 4) is 5.75 Å².